The van der Waals surface area contributed by atoms with Crippen LogP contribution in [0, 0.1) is 11.3 Å². The van der Waals surface area contributed by atoms with Crippen LogP contribution in [0.3, 0.4) is 0 Å². The molecule has 0 radical (unpaired) electrons. The highest BCUT2D eigenvalue weighted by Gasteiger charge is 2.27. The Morgan fingerprint density at radius 1 is 1.16 bits per heavy atom. The van der Waals surface area contributed by atoms with E-state index in [1.165, 1.54) is 0 Å². The van der Waals surface area contributed by atoms with E-state index in [4.69, 9.17) is 29.7 Å². The second-order valence-corrected chi connectivity index (χ2v) is 11.7. The van der Waals surface area contributed by atoms with Crippen LogP contribution in [0.5, 0.6) is 11.6 Å². The van der Waals surface area contributed by atoms with E-state index in [1.807, 2.05) is 43.4 Å². The largest absolute Gasteiger partial charge is 0.497 e. The first-order chi connectivity index (χ1) is 21.9. The summed E-state index contributed by atoms with van der Waals surface area (Å²) < 4.78 is 17.7. The number of aromatic nitrogens is 3. The van der Waals surface area contributed by atoms with Gasteiger partial charge in [0.05, 0.1) is 18.4 Å². The molecule has 2 aromatic carbocycles. The van der Waals surface area contributed by atoms with Crippen molar-refractivity contribution in [3.8, 4) is 40.5 Å². The minimum absolute atomic E-state index is 0.336. The molecule has 1 atom stereocenters. The second-order valence-electron chi connectivity index (χ2n) is 11.7. The van der Waals surface area contributed by atoms with Crippen LogP contribution in [0.1, 0.15) is 61.8 Å². The number of hydrogen-bond donors (Lipinski definition) is 1. The molecule has 1 saturated heterocycles. The van der Waals surface area contributed by atoms with Gasteiger partial charge in [-0.25, -0.2) is 4.98 Å². The molecule has 45 heavy (non-hydrogen) atoms. The summed E-state index contributed by atoms with van der Waals surface area (Å²) in [5.41, 5.74) is 11.3. The molecule has 0 bridgehead atoms. The first kappa shape index (κ1) is 31.8. The molecule has 1 aliphatic heterocycles. The van der Waals surface area contributed by atoms with E-state index in [2.05, 4.69) is 41.9 Å². The fourth-order valence-electron chi connectivity index (χ4n) is 5.85. The van der Waals surface area contributed by atoms with Crippen LogP contribution in [0.4, 0.5) is 11.5 Å². The topological polar surface area (TPSA) is 127 Å². The predicted octanol–water partition coefficient (Wildman–Crippen LogP) is 6.28. The minimum atomic E-state index is 0.336. The van der Waals surface area contributed by atoms with Gasteiger partial charge in [-0.05, 0) is 75.0 Å². The lowest BCUT2D eigenvalue weighted by atomic mass is 9.92. The number of likely N-dealkylation sites (N-methyl/N-ethyl adjacent to an activating group) is 1. The Hall–Kier alpha value is -4.62. The zero-order chi connectivity index (χ0) is 31.9. The Balaban J connectivity index is 1.59. The Labute approximate surface area is 265 Å². The van der Waals surface area contributed by atoms with Crippen LogP contribution in [-0.4, -0.2) is 60.4 Å². The molecule has 236 valence electrons. The van der Waals surface area contributed by atoms with Gasteiger partial charge in [-0.1, -0.05) is 43.6 Å². The van der Waals surface area contributed by atoms with Crippen molar-refractivity contribution >= 4 is 11.5 Å². The van der Waals surface area contributed by atoms with E-state index < -0.39 is 0 Å². The molecule has 0 spiro atoms. The van der Waals surface area contributed by atoms with Gasteiger partial charge in [-0.3, -0.25) is 0 Å². The van der Waals surface area contributed by atoms with Crippen molar-refractivity contribution in [2.24, 2.45) is 0 Å². The smallest absolute Gasteiger partial charge is 0.219 e. The molecule has 10 nitrogen and oxygen atoms in total. The zero-order valence-electron chi connectivity index (χ0n) is 27.0. The van der Waals surface area contributed by atoms with Gasteiger partial charge in [0.25, 0.3) is 0 Å². The molecule has 1 fully saturated rings. The van der Waals surface area contributed by atoms with E-state index in [1.54, 1.807) is 13.2 Å². The Morgan fingerprint density at radius 2 is 1.96 bits per heavy atom. The highest BCUT2D eigenvalue weighted by Crippen LogP contribution is 2.39. The molecule has 5 rings (SSSR count). The lowest BCUT2D eigenvalue weighted by Crippen LogP contribution is -2.30. The maximum atomic E-state index is 10.1. The monoisotopic (exact) mass is 609 g/mol. The number of nitrogens with zero attached hydrogens (tertiary/aromatic N) is 6. The number of nitriles is 1. The van der Waals surface area contributed by atoms with Crippen molar-refractivity contribution in [2.45, 2.75) is 65.0 Å². The van der Waals surface area contributed by atoms with Crippen LogP contribution < -0.4 is 20.1 Å². The summed E-state index contributed by atoms with van der Waals surface area (Å²) in [6.45, 7) is 6.41. The highest BCUT2D eigenvalue weighted by molar-refractivity contribution is 5.81. The Kier molecular flexibility index (Phi) is 10.2. The SMILES string of the molecule is CCCCc1c(-c2nc(OCC3CCCN3C)cc(N(C)Cc3ccc(OC)cc3)n2)noc1-c1c(CC)ccc(N)c1C#N. The fraction of sp³-hybridized carbons (Fsp3) is 0.429. The number of nitrogen functional groups attached to an aromatic ring is 1. The van der Waals surface area contributed by atoms with Crippen molar-refractivity contribution < 1.29 is 14.0 Å². The van der Waals surface area contributed by atoms with Crippen LogP contribution in [0.15, 0.2) is 47.0 Å². The van der Waals surface area contributed by atoms with Crippen LogP contribution in [0.2, 0.25) is 0 Å². The van der Waals surface area contributed by atoms with Gasteiger partial charge in [0.15, 0.2) is 17.3 Å². The molecule has 0 saturated carbocycles. The summed E-state index contributed by atoms with van der Waals surface area (Å²) in [5, 5.41) is 14.6. The Morgan fingerprint density at radius 3 is 2.62 bits per heavy atom. The number of hydrogen-bond acceptors (Lipinski definition) is 10. The molecular formula is C35H43N7O3. The standard InChI is InChI=1S/C35H43N7O3/c1-6-8-11-27-33(40-45-34(27)32-24(7-2)14-17-29(37)28(32)20-36)35-38-30(42(4)21-23-12-15-26(43-5)16-13-23)19-31(39-35)44-22-25-10-9-18-41(25)3/h12-17,19,25H,6-11,18,21-22,37H2,1-5H3. The number of benzene rings is 2. The number of rotatable bonds is 13. The minimum Gasteiger partial charge on any atom is -0.497 e. The lowest BCUT2D eigenvalue weighted by Gasteiger charge is -2.22. The van der Waals surface area contributed by atoms with Gasteiger partial charge in [0.1, 0.15) is 24.2 Å². The van der Waals surface area contributed by atoms with E-state index in [-0.39, 0.29) is 0 Å². The average molecular weight is 610 g/mol. The molecule has 2 N–H and O–H groups in total. The Bertz CT molecular complexity index is 1640. The molecular weight excluding hydrogens is 566 g/mol. The van der Waals surface area contributed by atoms with Gasteiger partial charge < -0.3 is 29.5 Å². The summed E-state index contributed by atoms with van der Waals surface area (Å²) in [7, 11) is 5.79. The van der Waals surface area contributed by atoms with Crippen molar-refractivity contribution in [3.05, 3.63) is 64.7 Å². The van der Waals surface area contributed by atoms with Gasteiger partial charge in [-0.15, -0.1) is 0 Å². The summed E-state index contributed by atoms with van der Waals surface area (Å²) in [6, 6.07) is 16.2. The van der Waals surface area contributed by atoms with E-state index in [0.29, 0.717) is 77.8 Å². The van der Waals surface area contributed by atoms with Crippen molar-refractivity contribution in [1.29, 1.82) is 5.26 Å². The van der Waals surface area contributed by atoms with Gasteiger partial charge in [0.2, 0.25) is 5.88 Å². The van der Waals surface area contributed by atoms with Crippen molar-refractivity contribution in [1.82, 2.24) is 20.0 Å². The van der Waals surface area contributed by atoms with Crippen molar-refractivity contribution in [3.63, 3.8) is 0 Å². The third-order valence-electron chi connectivity index (χ3n) is 8.58. The lowest BCUT2D eigenvalue weighted by molar-refractivity contribution is 0.193. The maximum absolute atomic E-state index is 10.1. The first-order valence-corrected chi connectivity index (χ1v) is 15.7. The number of methoxy groups -OCH3 is 1. The summed E-state index contributed by atoms with van der Waals surface area (Å²) in [6.07, 6.45) is 5.53. The van der Waals surface area contributed by atoms with Gasteiger partial charge in [-0.2, -0.15) is 10.2 Å². The van der Waals surface area contributed by atoms with E-state index in [9.17, 15) is 5.26 Å². The number of nitrogens with two attached hydrogens (primary N) is 1. The number of unbranched alkanes of at least 4 members (excludes halogenated alkanes) is 1. The molecule has 1 unspecified atom stereocenters. The number of likely N-dealkylation sites (tertiary alicyclic amines) is 1. The van der Waals surface area contributed by atoms with Crippen LogP contribution in [-0.2, 0) is 19.4 Å². The molecule has 10 heteroatoms. The third kappa shape index (κ3) is 7.04. The third-order valence-corrected chi connectivity index (χ3v) is 8.58. The zero-order valence-corrected chi connectivity index (χ0v) is 27.0. The second kappa shape index (κ2) is 14.4. The highest BCUT2D eigenvalue weighted by atomic mass is 16.5. The number of ether oxygens (including phenoxy) is 2. The first-order valence-electron chi connectivity index (χ1n) is 15.7. The van der Waals surface area contributed by atoms with E-state index >= 15 is 0 Å². The quantitative estimate of drug-likeness (QED) is 0.173. The normalized spacial score (nSPS) is 14.8. The summed E-state index contributed by atoms with van der Waals surface area (Å²) in [5.74, 6) is 2.97. The molecule has 2 aromatic heterocycles. The number of aryl methyl sites for hydroxylation is 1. The van der Waals surface area contributed by atoms with Crippen LogP contribution >= 0.6 is 0 Å². The van der Waals surface area contributed by atoms with Crippen molar-refractivity contribution in [2.75, 3.05) is 45.0 Å². The van der Waals surface area contributed by atoms with Gasteiger partial charge in [0, 0.05) is 36.8 Å². The maximum Gasteiger partial charge on any atom is 0.219 e. The summed E-state index contributed by atoms with van der Waals surface area (Å²) in [4.78, 5) is 14.3. The summed E-state index contributed by atoms with van der Waals surface area (Å²) >= 11 is 0. The van der Waals surface area contributed by atoms with Gasteiger partial charge >= 0.3 is 0 Å². The fourth-order valence-corrected chi connectivity index (χ4v) is 5.85. The molecule has 0 aliphatic carbocycles. The van der Waals surface area contributed by atoms with E-state index in [0.717, 1.165) is 54.7 Å². The number of anilines is 2. The predicted molar refractivity (Wildman–Crippen MR) is 176 cm³/mol. The molecule has 3 heterocycles. The average Bonchev–Trinajstić information content (AvgIpc) is 3.68. The van der Waals surface area contributed by atoms with Crippen LogP contribution in [0.25, 0.3) is 22.8 Å². The molecule has 1 aliphatic rings. The molecule has 4 aromatic rings. The molecule has 0 amide bonds.